The minimum absolute atomic E-state index is 0.218. The molecule has 2 aromatic carbocycles. The minimum atomic E-state index is -1.48. The van der Waals surface area contributed by atoms with Crippen LogP contribution in [0.25, 0.3) is 10.9 Å². The molecule has 1 unspecified atom stereocenters. The van der Waals surface area contributed by atoms with E-state index in [2.05, 4.69) is 10.3 Å². The molecule has 2 N–H and O–H groups in total. The number of H-pyrrole nitrogens is 1. The van der Waals surface area contributed by atoms with Gasteiger partial charge in [0, 0.05) is 26.9 Å². The van der Waals surface area contributed by atoms with Gasteiger partial charge in [0.15, 0.2) is 0 Å². The van der Waals surface area contributed by atoms with Crippen LogP contribution >= 0.6 is 11.6 Å². The zero-order valence-corrected chi connectivity index (χ0v) is 14.3. The lowest BCUT2D eigenvalue weighted by molar-refractivity contribution is 0.0944. The van der Waals surface area contributed by atoms with Crippen molar-refractivity contribution in [3.8, 4) is 0 Å². The summed E-state index contributed by atoms with van der Waals surface area (Å²) in [5, 5.41) is 4.21. The van der Waals surface area contributed by atoms with Gasteiger partial charge in [0.25, 0.3) is 5.91 Å². The number of halogens is 1. The highest BCUT2D eigenvalue weighted by Gasteiger charge is 2.28. The van der Waals surface area contributed by atoms with Crippen LogP contribution in [0.15, 0.2) is 58.3 Å². The molecule has 4 nitrogen and oxygen atoms in total. The first kappa shape index (κ1) is 15.4. The molecule has 0 radical (unpaired) electrons. The van der Waals surface area contributed by atoms with E-state index < -0.39 is 10.8 Å². The summed E-state index contributed by atoms with van der Waals surface area (Å²) >= 11 is 6.11. The van der Waals surface area contributed by atoms with E-state index in [1.54, 1.807) is 30.3 Å². The number of carbonyl (C=O) groups excluding carboxylic acids is 1. The van der Waals surface area contributed by atoms with E-state index in [1.807, 2.05) is 18.2 Å². The Bertz CT molecular complexity index is 948. The fourth-order valence-corrected chi connectivity index (χ4v) is 4.15. The molecule has 6 heteroatoms. The van der Waals surface area contributed by atoms with Gasteiger partial charge < -0.3 is 10.3 Å². The zero-order chi connectivity index (χ0) is 16.7. The van der Waals surface area contributed by atoms with Gasteiger partial charge in [-0.15, -0.1) is 0 Å². The lowest BCUT2D eigenvalue weighted by Gasteiger charge is -2.06. The highest BCUT2D eigenvalue weighted by molar-refractivity contribution is 7.85. The summed E-state index contributed by atoms with van der Waals surface area (Å²) in [4.78, 5) is 16.8. The van der Waals surface area contributed by atoms with E-state index in [-0.39, 0.29) is 11.9 Å². The molecular weight excluding hydrogens is 344 g/mol. The summed E-state index contributed by atoms with van der Waals surface area (Å²) in [6.45, 7) is 0. The molecule has 4 rings (SSSR count). The smallest absolute Gasteiger partial charge is 0.269 e. The molecule has 1 saturated carbocycles. The molecule has 1 aromatic heterocycles. The predicted molar refractivity (Wildman–Crippen MR) is 94.9 cm³/mol. The Morgan fingerprint density at radius 2 is 1.92 bits per heavy atom. The third-order valence-electron chi connectivity index (χ3n) is 4.00. The molecule has 3 aromatic rings. The summed E-state index contributed by atoms with van der Waals surface area (Å²) in [5.74, 6) is -0.218. The topological polar surface area (TPSA) is 62.0 Å². The average Bonchev–Trinajstić information content (AvgIpc) is 3.32. The van der Waals surface area contributed by atoms with Gasteiger partial charge in [-0.05, 0) is 43.2 Å². The highest BCUT2D eigenvalue weighted by Crippen LogP contribution is 2.31. The number of fused-ring (bicyclic) bond motifs is 1. The average molecular weight is 359 g/mol. The van der Waals surface area contributed by atoms with Crippen molar-refractivity contribution in [2.24, 2.45) is 0 Å². The Hall–Kier alpha value is -2.11. The molecule has 24 heavy (non-hydrogen) atoms. The fourth-order valence-electron chi connectivity index (χ4n) is 2.64. The van der Waals surface area contributed by atoms with Crippen molar-refractivity contribution in [2.75, 3.05) is 0 Å². The van der Waals surface area contributed by atoms with E-state index in [4.69, 9.17) is 11.6 Å². The molecule has 1 fully saturated rings. The first-order valence-corrected chi connectivity index (χ1v) is 9.25. The lowest BCUT2D eigenvalue weighted by Crippen LogP contribution is -2.26. The van der Waals surface area contributed by atoms with Crippen LogP contribution in [0.1, 0.15) is 23.3 Å². The number of carbonyl (C=O) groups is 1. The summed E-state index contributed by atoms with van der Waals surface area (Å²) in [7, 11) is -1.48. The SMILES string of the molecule is O=C(NC1CC1)c1[nH]c2ccc(Cl)cc2c1S(=O)c1ccccc1. The van der Waals surface area contributed by atoms with Crippen LogP contribution < -0.4 is 5.32 Å². The number of aromatic nitrogens is 1. The van der Waals surface area contributed by atoms with Crippen molar-refractivity contribution in [2.45, 2.75) is 28.7 Å². The van der Waals surface area contributed by atoms with Gasteiger partial charge in [0.2, 0.25) is 0 Å². The van der Waals surface area contributed by atoms with Crippen molar-refractivity contribution in [1.82, 2.24) is 10.3 Å². The first-order chi connectivity index (χ1) is 11.6. The van der Waals surface area contributed by atoms with Crippen molar-refractivity contribution < 1.29 is 9.00 Å². The standard InChI is InChI=1S/C18H15ClN2O2S/c19-11-6-9-15-14(10-11)17(24(23)13-4-2-1-3-5-13)16(21-15)18(22)20-12-7-8-12/h1-6,9-10,12,21H,7-8H2,(H,20,22). The summed E-state index contributed by atoms with van der Waals surface area (Å²) in [6, 6.07) is 14.6. The second-order valence-electron chi connectivity index (χ2n) is 5.85. The second-order valence-corrected chi connectivity index (χ2v) is 7.70. The van der Waals surface area contributed by atoms with Crippen LogP contribution in [-0.4, -0.2) is 21.1 Å². The Morgan fingerprint density at radius 1 is 1.17 bits per heavy atom. The maximum absolute atomic E-state index is 13.1. The Morgan fingerprint density at radius 3 is 2.62 bits per heavy atom. The van der Waals surface area contributed by atoms with Gasteiger partial charge >= 0.3 is 0 Å². The minimum Gasteiger partial charge on any atom is -0.349 e. The van der Waals surface area contributed by atoms with Crippen molar-refractivity contribution in [3.05, 3.63) is 59.2 Å². The molecule has 1 atom stereocenters. The van der Waals surface area contributed by atoms with Gasteiger partial charge in [-0.3, -0.25) is 4.79 Å². The maximum Gasteiger partial charge on any atom is 0.269 e. The van der Waals surface area contributed by atoms with Gasteiger partial charge in [-0.2, -0.15) is 0 Å². The number of benzene rings is 2. The number of aromatic amines is 1. The largest absolute Gasteiger partial charge is 0.349 e. The fraction of sp³-hybridized carbons (Fsp3) is 0.167. The van der Waals surface area contributed by atoms with Crippen LogP contribution in [0.2, 0.25) is 5.02 Å². The van der Waals surface area contributed by atoms with E-state index >= 15 is 0 Å². The Kier molecular flexibility index (Phi) is 3.90. The molecule has 1 aliphatic rings. The van der Waals surface area contributed by atoms with Crippen molar-refractivity contribution in [1.29, 1.82) is 0 Å². The summed E-state index contributed by atoms with van der Waals surface area (Å²) in [5.41, 5.74) is 1.10. The molecule has 1 aliphatic carbocycles. The molecule has 0 spiro atoms. The van der Waals surface area contributed by atoms with Crippen molar-refractivity contribution >= 4 is 39.2 Å². The molecular formula is C18H15ClN2O2S. The second kappa shape index (κ2) is 6.07. The number of hydrogen-bond donors (Lipinski definition) is 2. The quantitative estimate of drug-likeness (QED) is 0.743. The van der Waals surface area contributed by atoms with Gasteiger partial charge in [-0.25, -0.2) is 4.21 Å². The first-order valence-electron chi connectivity index (χ1n) is 7.72. The molecule has 0 aliphatic heterocycles. The predicted octanol–water partition coefficient (Wildman–Crippen LogP) is 3.88. The van der Waals surface area contributed by atoms with Crippen LogP contribution in [-0.2, 0) is 10.8 Å². The highest BCUT2D eigenvalue weighted by atomic mass is 35.5. The number of rotatable bonds is 4. The summed E-state index contributed by atoms with van der Waals surface area (Å²) in [6.07, 6.45) is 1.99. The number of nitrogens with one attached hydrogen (secondary N) is 2. The molecule has 1 heterocycles. The van der Waals surface area contributed by atoms with E-state index in [1.165, 1.54) is 0 Å². The van der Waals surface area contributed by atoms with E-state index in [0.29, 0.717) is 25.9 Å². The zero-order valence-electron chi connectivity index (χ0n) is 12.7. The molecule has 1 amide bonds. The van der Waals surface area contributed by atoms with Gasteiger partial charge in [0.05, 0.1) is 15.7 Å². The lowest BCUT2D eigenvalue weighted by atomic mass is 10.2. The van der Waals surface area contributed by atoms with Gasteiger partial charge in [0.1, 0.15) is 5.69 Å². The Balaban J connectivity index is 1.88. The van der Waals surface area contributed by atoms with E-state index in [9.17, 15) is 9.00 Å². The third-order valence-corrected chi connectivity index (χ3v) is 5.73. The van der Waals surface area contributed by atoms with Crippen LogP contribution in [0.4, 0.5) is 0 Å². The number of hydrogen-bond acceptors (Lipinski definition) is 2. The monoisotopic (exact) mass is 358 g/mol. The van der Waals surface area contributed by atoms with Crippen molar-refractivity contribution in [3.63, 3.8) is 0 Å². The number of amides is 1. The van der Waals surface area contributed by atoms with Crippen LogP contribution in [0.3, 0.4) is 0 Å². The molecule has 122 valence electrons. The van der Waals surface area contributed by atoms with Crippen LogP contribution in [0.5, 0.6) is 0 Å². The van der Waals surface area contributed by atoms with Gasteiger partial charge in [-0.1, -0.05) is 29.8 Å². The summed E-state index contributed by atoms with van der Waals surface area (Å²) < 4.78 is 13.1. The maximum atomic E-state index is 13.1. The molecule has 0 bridgehead atoms. The third kappa shape index (κ3) is 2.85. The Labute approximate surface area is 146 Å². The molecule has 0 saturated heterocycles. The van der Waals surface area contributed by atoms with Crippen LogP contribution in [0, 0.1) is 0 Å². The normalized spacial score (nSPS) is 15.4. The van der Waals surface area contributed by atoms with E-state index in [0.717, 1.165) is 18.4 Å².